The van der Waals surface area contributed by atoms with Gasteiger partial charge in [0.1, 0.15) is 0 Å². The van der Waals surface area contributed by atoms with Crippen LogP contribution in [0, 0.1) is 0 Å². The SMILES string of the molecule is COC(=O)c1cc(O)c(O)c(O)c1.Cl. The normalized spacial score (nSPS) is 8.93. The van der Waals surface area contributed by atoms with Crippen molar-refractivity contribution < 1.29 is 24.9 Å². The number of carbonyl (C=O) groups excluding carboxylic acids is 1. The number of benzene rings is 1. The molecule has 0 bridgehead atoms. The Kier molecular flexibility index (Phi) is 4.04. The number of methoxy groups -OCH3 is 1. The van der Waals surface area contributed by atoms with Crippen molar-refractivity contribution in [2.75, 3.05) is 7.11 Å². The van der Waals surface area contributed by atoms with E-state index in [2.05, 4.69) is 4.74 Å². The molecule has 0 aliphatic rings. The second-order valence-electron chi connectivity index (χ2n) is 2.35. The van der Waals surface area contributed by atoms with Gasteiger partial charge in [-0.25, -0.2) is 4.79 Å². The maximum Gasteiger partial charge on any atom is 0.338 e. The largest absolute Gasteiger partial charge is 0.504 e. The van der Waals surface area contributed by atoms with E-state index in [1.165, 1.54) is 7.11 Å². The summed E-state index contributed by atoms with van der Waals surface area (Å²) in [7, 11) is 1.17. The zero-order valence-corrected chi connectivity index (χ0v) is 8.04. The second-order valence-corrected chi connectivity index (χ2v) is 2.35. The van der Waals surface area contributed by atoms with E-state index in [1.54, 1.807) is 0 Å². The summed E-state index contributed by atoms with van der Waals surface area (Å²) < 4.78 is 4.34. The lowest BCUT2D eigenvalue weighted by Crippen LogP contribution is -2.00. The van der Waals surface area contributed by atoms with Gasteiger partial charge in [0.05, 0.1) is 12.7 Å². The van der Waals surface area contributed by atoms with E-state index in [9.17, 15) is 4.79 Å². The Morgan fingerprint density at radius 1 is 1.21 bits per heavy atom. The summed E-state index contributed by atoms with van der Waals surface area (Å²) in [5.41, 5.74) is -0.0321. The van der Waals surface area contributed by atoms with Gasteiger partial charge in [0, 0.05) is 0 Å². The van der Waals surface area contributed by atoms with Gasteiger partial charge in [0.25, 0.3) is 0 Å². The highest BCUT2D eigenvalue weighted by molar-refractivity contribution is 5.90. The molecule has 1 aromatic rings. The predicted molar refractivity (Wildman–Crippen MR) is 50.0 cm³/mol. The highest BCUT2D eigenvalue weighted by Gasteiger charge is 2.13. The third-order valence-electron chi connectivity index (χ3n) is 1.49. The Labute approximate surface area is 86.0 Å². The zero-order chi connectivity index (χ0) is 10.0. The molecule has 5 nitrogen and oxygen atoms in total. The molecule has 6 heteroatoms. The van der Waals surface area contributed by atoms with Crippen LogP contribution >= 0.6 is 12.4 Å². The fraction of sp³-hybridized carbons (Fsp3) is 0.125. The molecule has 0 aliphatic heterocycles. The molecule has 78 valence electrons. The monoisotopic (exact) mass is 220 g/mol. The van der Waals surface area contributed by atoms with Crippen molar-refractivity contribution in [1.82, 2.24) is 0 Å². The van der Waals surface area contributed by atoms with Crippen molar-refractivity contribution in [3.05, 3.63) is 17.7 Å². The van der Waals surface area contributed by atoms with Crippen LogP contribution in [0.25, 0.3) is 0 Å². The molecule has 0 saturated carbocycles. The van der Waals surface area contributed by atoms with E-state index in [1.807, 2.05) is 0 Å². The molecule has 1 aromatic carbocycles. The Morgan fingerprint density at radius 3 is 2.00 bits per heavy atom. The highest BCUT2D eigenvalue weighted by Crippen LogP contribution is 2.35. The number of aromatic hydroxyl groups is 3. The maximum absolute atomic E-state index is 10.9. The Hall–Kier alpha value is -1.62. The van der Waals surface area contributed by atoms with E-state index in [0.29, 0.717) is 0 Å². The first-order valence-corrected chi connectivity index (χ1v) is 3.39. The summed E-state index contributed by atoms with van der Waals surface area (Å²) in [5.74, 6) is -2.50. The molecule has 0 fully saturated rings. The third-order valence-corrected chi connectivity index (χ3v) is 1.49. The van der Waals surface area contributed by atoms with E-state index < -0.39 is 23.2 Å². The van der Waals surface area contributed by atoms with E-state index >= 15 is 0 Å². The van der Waals surface area contributed by atoms with E-state index in [0.717, 1.165) is 12.1 Å². The number of rotatable bonds is 1. The van der Waals surface area contributed by atoms with Crippen molar-refractivity contribution in [2.24, 2.45) is 0 Å². The van der Waals surface area contributed by atoms with Gasteiger partial charge < -0.3 is 20.1 Å². The Morgan fingerprint density at radius 2 is 1.64 bits per heavy atom. The van der Waals surface area contributed by atoms with Gasteiger partial charge in [-0.1, -0.05) is 0 Å². The van der Waals surface area contributed by atoms with Crippen molar-refractivity contribution in [3.63, 3.8) is 0 Å². The van der Waals surface area contributed by atoms with Gasteiger partial charge in [-0.2, -0.15) is 0 Å². The molecule has 0 unspecified atom stereocenters. The molecule has 1 rings (SSSR count). The number of phenols is 3. The standard InChI is InChI=1S/C8H8O5.ClH/c1-13-8(12)4-2-5(9)7(11)6(10)3-4;/h2-3,9-11H,1H3;1H. The van der Waals surface area contributed by atoms with Crippen molar-refractivity contribution >= 4 is 18.4 Å². The first kappa shape index (κ1) is 12.4. The van der Waals surface area contributed by atoms with E-state index in [-0.39, 0.29) is 18.0 Å². The number of carbonyl (C=O) groups is 1. The quantitative estimate of drug-likeness (QED) is 0.486. The van der Waals surface area contributed by atoms with Crippen molar-refractivity contribution in [3.8, 4) is 17.2 Å². The Bertz CT molecular complexity index is 327. The third kappa shape index (κ3) is 2.20. The molecule has 14 heavy (non-hydrogen) atoms. The number of esters is 1. The van der Waals surface area contributed by atoms with Crippen LogP contribution in [0.4, 0.5) is 0 Å². The van der Waals surface area contributed by atoms with Gasteiger partial charge in [-0.15, -0.1) is 12.4 Å². The summed E-state index contributed by atoms with van der Waals surface area (Å²) in [6.07, 6.45) is 0. The van der Waals surface area contributed by atoms with E-state index in [4.69, 9.17) is 15.3 Å². The average Bonchev–Trinajstić information content (AvgIpc) is 2.12. The summed E-state index contributed by atoms with van der Waals surface area (Å²) in [5, 5.41) is 26.9. The van der Waals surface area contributed by atoms with Crippen LogP contribution in [0.15, 0.2) is 12.1 Å². The molecular formula is C8H9ClO5. The minimum atomic E-state index is -0.703. The van der Waals surface area contributed by atoms with Crippen molar-refractivity contribution in [1.29, 1.82) is 0 Å². The number of hydrogen-bond acceptors (Lipinski definition) is 5. The van der Waals surface area contributed by atoms with Crippen LogP contribution in [-0.4, -0.2) is 28.4 Å². The first-order chi connectivity index (χ1) is 6.06. The summed E-state index contributed by atoms with van der Waals surface area (Å²) >= 11 is 0. The van der Waals surface area contributed by atoms with Crippen LogP contribution in [0.5, 0.6) is 17.2 Å². The van der Waals surface area contributed by atoms with Crippen LogP contribution in [-0.2, 0) is 4.74 Å². The summed E-state index contributed by atoms with van der Waals surface area (Å²) in [6.45, 7) is 0. The lowest BCUT2D eigenvalue weighted by molar-refractivity contribution is 0.0599. The zero-order valence-electron chi connectivity index (χ0n) is 7.22. The molecule has 0 aliphatic carbocycles. The first-order valence-electron chi connectivity index (χ1n) is 3.39. The lowest BCUT2D eigenvalue weighted by atomic mass is 10.2. The minimum absolute atomic E-state index is 0. The van der Waals surface area contributed by atoms with Crippen LogP contribution in [0.1, 0.15) is 10.4 Å². The molecule has 0 aromatic heterocycles. The second kappa shape index (κ2) is 4.57. The lowest BCUT2D eigenvalue weighted by Gasteiger charge is -2.03. The molecule has 0 saturated heterocycles. The summed E-state index contributed by atoms with van der Waals surface area (Å²) in [4.78, 5) is 10.9. The van der Waals surface area contributed by atoms with Gasteiger partial charge >= 0.3 is 5.97 Å². The number of hydrogen-bond donors (Lipinski definition) is 3. The Balaban J connectivity index is 0.00000169. The maximum atomic E-state index is 10.9. The summed E-state index contributed by atoms with van der Waals surface area (Å²) in [6, 6.07) is 2.00. The molecular weight excluding hydrogens is 212 g/mol. The number of phenolic OH excluding ortho intramolecular Hbond substituents is 3. The van der Waals surface area contributed by atoms with Gasteiger partial charge in [0.15, 0.2) is 17.2 Å². The van der Waals surface area contributed by atoms with Gasteiger partial charge in [-0.3, -0.25) is 0 Å². The molecule has 0 amide bonds. The topological polar surface area (TPSA) is 87.0 Å². The van der Waals surface area contributed by atoms with Gasteiger partial charge in [-0.05, 0) is 12.1 Å². The highest BCUT2D eigenvalue weighted by atomic mass is 35.5. The van der Waals surface area contributed by atoms with Crippen LogP contribution < -0.4 is 0 Å². The molecule has 0 radical (unpaired) electrons. The molecule has 0 heterocycles. The van der Waals surface area contributed by atoms with Gasteiger partial charge in [0.2, 0.25) is 0 Å². The minimum Gasteiger partial charge on any atom is -0.504 e. The fourth-order valence-corrected chi connectivity index (χ4v) is 0.840. The molecule has 0 atom stereocenters. The van der Waals surface area contributed by atoms with Crippen molar-refractivity contribution in [2.45, 2.75) is 0 Å². The van der Waals surface area contributed by atoms with Crippen LogP contribution in [0.3, 0.4) is 0 Å². The smallest absolute Gasteiger partial charge is 0.338 e. The number of ether oxygens (including phenoxy) is 1. The van der Waals surface area contributed by atoms with Crippen LogP contribution in [0.2, 0.25) is 0 Å². The molecule has 3 N–H and O–H groups in total. The number of halogens is 1. The predicted octanol–water partition coefficient (Wildman–Crippen LogP) is 1.01. The average molecular weight is 221 g/mol. The molecule has 0 spiro atoms. The fourth-order valence-electron chi connectivity index (χ4n) is 0.840.